The highest BCUT2D eigenvalue weighted by atomic mass is 32.2. The SMILES string of the molecule is CCC[C@@]1(CCc2ccccc2)CC(O)=C([C@H](CC)c2cccc(NS(=O)(=O)c3ccc(C(F)(F)F)cn3)c2)C(=O)O1.Cc1ccnc2c1NC(=O)c1cccnc1N2C1CC1.Nc1nc(=O)n([C@@H]2CS[C@H](CO)O2)cc1F. The van der Waals surface area contributed by atoms with E-state index in [9.17, 15) is 45.5 Å². The van der Waals surface area contributed by atoms with Crippen LogP contribution in [0.15, 0.2) is 131 Å². The van der Waals surface area contributed by atoms with Crippen LogP contribution in [0.2, 0.25) is 0 Å². The molecule has 412 valence electrons. The lowest BCUT2D eigenvalue weighted by Crippen LogP contribution is -2.41. The Labute approximate surface area is 451 Å². The van der Waals surface area contributed by atoms with Crippen molar-refractivity contribution >= 4 is 62.5 Å². The highest BCUT2D eigenvalue weighted by Crippen LogP contribution is 2.45. The number of rotatable bonds is 14. The summed E-state index contributed by atoms with van der Waals surface area (Å²) in [4.78, 5) is 55.1. The third-order valence-electron chi connectivity index (χ3n) is 13.3. The third-order valence-corrected chi connectivity index (χ3v) is 15.7. The summed E-state index contributed by atoms with van der Waals surface area (Å²) in [6.45, 7) is 5.66. The van der Waals surface area contributed by atoms with Crippen LogP contribution in [0.1, 0.15) is 104 Å². The number of nitrogens with two attached hydrogens (primary N) is 1. The van der Waals surface area contributed by atoms with Gasteiger partial charge in [0.15, 0.2) is 22.5 Å². The Morgan fingerprint density at radius 3 is 2.37 bits per heavy atom. The number of aryl methyl sites for hydroxylation is 2. The molecule has 6 aromatic rings. The van der Waals surface area contributed by atoms with Crippen molar-refractivity contribution in [2.24, 2.45) is 0 Å². The number of amides is 1. The first-order chi connectivity index (χ1) is 37.2. The van der Waals surface area contributed by atoms with Crippen LogP contribution in [-0.2, 0) is 36.9 Å². The van der Waals surface area contributed by atoms with Gasteiger partial charge in [-0.3, -0.25) is 14.1 Å². The van der Waals surface area contributed by atoms with Crippen molar-refractivity contribution < 1.29 is 55.3 Å². The van der Waals surface area contributed by atoms with Gasteiger partial charge in [-0.15, -0.1) is 11.8 Å². The maximum atomic E-state index is 13.4. The number of hydrogen-bond donors (Lipinski definition) is 5. The number of aliphatic hydroxyl groups excluding tert-OH is 2. The molecule has 4 atom stereocenters. The highest BCUT2D eigenvalue weighted by molar-refractivity contribution is 8.00. The molecule has 7 heterocycles. The van der Waals surface area contributed by atoms with E-state index in [4.69, 9.17) is 20.3 Å². The molecule has 0 unspecified atom stereocenters. The van der Waals surface area contributed by atoms with Crippen molar-refractivity contribution in [3.8, 4) is 0 Å². The molecule has 4 aromatic heterocycles. The summed E-state index contributed by atoms with van der Waals surface area (Å²) in [7, 11) is -4.30. The van der Waals surface area contributed by atoms with Gasteiger partial charge < -0.3 is 35.6 Å². The number of aromatic nitrogens is 5. The fraction of sp³-hybridized carbons (Fsp3) is 0.352. The normalized spacial score (nSPS) is 19.4. The van der Waals surface area contributed by atoms with Crippen LogP contribution in [0, 0.1) is 12.7 Å². The van der Waals surface area contributed by atoms with Crippen LogP contribution in [-0.4, -0.2) is 84.4 Å². The number of carbonyl (C=O) groups is 2. The number of fused-ring (bicyclic) bond motifs is 2. The van der Waals surface area contributed by atoms with Crippen molar-refractivity contribution in [3.63, 3.8) is 0 Å². The van der Waals surface area contributed by atoms with Gasteiger partial charge in [0.05, 0.1) is 35.2 Å². The lowest BCUT2D eigenvalue weighted by atomic mass is 9.80. The molecule has 6 N–H and O–H groups in total. The second-order valence-electron chi connectivity index (χ2n) is 18.9. The Balaban J connectivity index is 0.000000181. The molecule has 3 aliphatic heterocycles. The molecule has 2 fully saturated rings. The number of sulfonamides is 1. The molecule has 0 radical (unpaired) electrons. The number of halogens is 4. The molecule has 1 amide bonds. The van der Waals surface area contributed by atoms with Crippen LogP contribution in [0.5, 0.6) is 0 Å². The predicted octanol–water partition coefficient (Wildman–Crippen LogP) is 9.52. The number of nitrogen functional groups attached to an aromatic ring is 1. The molecule has 1 aliphatic carbocycles. The van der Waals surface area contributed by atoms with E-state index >= 15 is 0 Å². The number of esters is 1. The lowest BCUT2D eigenvalue weighted by molar-refractivity contribution is -0.161. The number of aliphatic hydroxyl groups is 2. The Morgan fingerprint density at radius 2 is 1.72 bits per heavy atom. The van der Waals surface area contributed by atoms with Crippen LogP contribution < -0.4 is 26.4 Å². The highest BCUT2D eigenvalue weighted by Gasteiger charge is 2.44. The number of thioether (sulfide) groups is 1. The van der Waals surface area contributed by atoms with Crippen molar-refractivity contribution in [1.29, 1.82) is 0 Å². The number of pyridine rings is 3. The number of alkyl halides is 3. The minimum Gasteiger partial charge on any atom is -0.512 e. The predicted molar refractivity (Wildman–Crippen MR) is 285 cm³/mol. The number of cyclic esters (lactones) is 1. The molecule has 0 spiro atoms. The molecule has 18 nitrogen and oxygen atoms in total. The molecule has 78 heavy (non-hydrogen) atoms. The zero-order valence-electron chi connectivity index (χ0n) is 42.6. The summed E-state index contributed by atoms with van der Waals surface area (Å²) in [5.74, 6) is -0.565. The van der Waals surface area contributed by atoms with Gasteiger partial charge in [-0.1, -0.05) is 62.7 Å². The molecule has 0 bridgehead atoms. The topological polar surface area (TPSA) is 254 Å². The average Bonchev–Trinajstić information content (AvgIpc) is 4.18. The summed E-state index contributed by atoms with van der Waals surface area (Å²) < 4.78 is 92.1. The van der Waals surface area contributed by atoms with Gasteiger partial charge in [-0.25, -0.2) is 28.9 Å². The number of carbonyl (C=O) groups excluding carboxylic acids is 2. The Bertz CT molecular complexity index is 3350. The monoisotopic (exact) mass is 1120 g/mol. The van der Waals surface area contributed by atoms with Crippen molar-refractivity contribution in [3.05, 3.63) is 165 Å². The average molecular weight is 1120 g/mol. The summed E-state index contributed by atoms with van der Waals surface area (Å²) in [5.41, 5.74) is 6.54. The van der Waals surface area contributed by atoms with Crippen molar-refractivity contribution in [1.82, 2.24) is 24.5 Å². The molecule has 4 aliphatic rings. The number of nitrogens with zero attached hydrogens (tertiary/aromatic N) is 6. The number of nitrogens with one attached hydrogen (secondary N) is 2. The maximum Gasteiger partial charge on any atom is 0.417 e. The summed E-state index contributed by atoms with van der Waals surface area (Å²) in [6, 6.07) is 23.5. The zero-order chi connectivity index (χ0) is 55.9. The molecular formula is C54H57F4N9O9S2. The Kier molecular flexibility index (Phi) is 17.5. The second-order valence-corrected chi connectivity index (χ2v) is 21.7. The summed E-state index contributed by atoms with van der Waals surface area (Å²) in [6.07, 6.45) is 5.08. The van der Waals surface area contributed by atoms with Crippen LogP contribution in [0.4, 0.5) is 46.4 Å². The fourth-order valence-electron chi connectivity index (χ4n) is 9.32. The Hall–Kier alpha value is -7.41. The van der Waals surface area contributed by atoms with E-state index in [0.717, 1.165) is 58.7 Å². The smallest absolute Gasteiger partial charge is 0.417 e. The lowest BCUT2D eigenvalue weighted by Gasteiger charge is -2.38. The largest absolute Gasteiger partial charge is 0.512 e. The minimum atomic E-state index is -4.65. The van der Waals surface area contributed by atoms with E-state index in [1.807, 2.05) is 63.2 Å². The molecule has 1 saturated heterocycles. The van der Waals surface area contributed by atoms with Gasteiger partial charge >= 0.3 is 17.8 Å². The number of anilines is 5. The van der Waals surface area contributed by atoms with Gasteiger partial charge in [0.25, 0.3) is 15.9 Å². The molecular weight excluding hydrogens is 1060 g/mol. The van der Waals surface area contributed by atoms with Gasteiger partial charge in [-0.2, -0.15) is 26.6 Å². The second kappa shape index (κ2) is 24.1. The van der Waals surface area contributed by atoms with E-state index in [2.05, 4.69) is 34.9 Å². The standard InChI is InChI=1S/C31H33F3N2O5S.C15H14N4O.C8H10FN3O3S/c1-3-16-30(17-15-21-9-6-5-7-10-21)19-26(37)28(29(38)41-30)25(4-2)22-11-8-12-24(18-22)36-42(39,40)27-14-13-23(20-35-27)31(32,33)34;1-9-6-8-17-14-12(9)18-15(20)11-3-2-7-16-13(11)19(14)10-4-5-10;9-4-1-12(8(14)11-7(4)10)5-3-16-6(2-13)15-5/h5-14,18,20,25,36-37H,3-4,15-17,19H2,1-2H3;2-3,6-8,10H,4-5H2,1H3,(H,18,20);1,5-6,13H,2-3H2,(H2,10,11,14)/t25-,30-;;5-,6+/m1.0/s1. The van der Waals surface area contributed by atoms with Gasteiger partial charge in [-0.05, 0) is 105 Å². The van der Waals surface area contributed by atoms with Gasteiger partial charge in [0.1, 0.15) is 28.8 Å². The van der Waals surface area contributed by atoms with Crippen molar-refractivity contribution in [2.75, 3.05) is 33.0 Å². The van der Waals surface area contributed by atoms with E-state index in [-0.39, 0.29) is 36.0 Å². The van der Waals surface area contributed by atoms with Crippen LogP contribution in [0.25, 0.3) is 0 Å². The summed E-state index contributed by atoms with van der Waals surface area (Å²) in [5, 5.41) is 22.5. The Morgan fingerprint density at radius 1 is 0.962 bits per heavy atom. The maximum absolute atomic E-state index is 13.4. The molecule has 24 heteroatoms. The van der Waals surface area contributed by atoms with Crippen molar-refractivity contribution in [2.45, 2.75) is 113 Å². The molecule has 1 saturated carbocycles. The number of benzene rings is 2. The van der Waals surface area contributed by atoms with E-state index in [0.29, 0.717) is 66.7 Å². The van der Waals surface area contributed by atoms with E-state index in [1.165, 1.54) is 23.9 Å². The molecule has 10 rings (SSSR count). The first-order valence-electron chi connectivity index (χ1n) is 25.0. The minimum absolute atomic E-state index is 0.0421. The van der Waals surface area contributed by atoms with Gasteiger partial charge in [0, 0.05) is 48.4 Å². The molecule has 2 aromatic carbocycles. The third kappa shape index (κ3) is 13.1. The zero-order valence-corrected chi connectivity index (χ0v) is 44.2. The number of hydrogen-bond acceptors (Lipinski definition) is 16. The van der Waals surface area contributed by atoms with Gasteiger partial charge in [0.2, 0.25) is 0 Å². The van der Waals surface area contributed by atoms with Crippen LogP contribution >= 0.6 is 11.8 Å². The summed E-state index contributed by atoms with van der Waals surface area (Å²) >= 11 is 1.35. The van der Waals surface area contributed by atoms with E-state index < -0.39 is 73.3 Å². The first-order valence-corrected chi connectivity index (χ1v) is 27.6. The first kappa shape index (κ1) is 56.8. The van der Waals surface area contributed by atoms with Crippen LogP contribution in [0.3, 0.4) is 0 Å². The van der Waals surface area contributed by atoms with E-state index in [1.54, 1.807) is 30.6 Å². The fourth-order valence-corrected chi connectivity index (χ4v) is 11.2. The number of ether oxygens (including phenoxy) is 2. The quantitative estimate of drug-likeness (QED) is 0.0503.